The molecule has 0 radical (unpaired) electrons. The summed E-state index contributed by atoms with van der Waals surface area (Å²) in [7, 11) is 1.62. The quantitative estimate of drug-likeness (QED) is 0.450. The van der Waals surface area contributed by atoms with Crippen molar-refractivity contribution < 1.29 is 9.53 Å². The number of thioether (sulfide) groups is 1. The van der Waals surface area contributed by atoms with Gasteiger partial charge in [0.05, 0.1) is 28.6 Å². The number of nitrogens with one attached hydrogen (secondary N) is 2. The van der Waals surface area contributed by atoms with Crippen LogP contribution in [0.1, 0.15) is 5.56 Å². The fourth-order valence-corrected chi connectivity index (χ4v) is 4.23. The Hall–Kier alpha value is -2.00. The fourth-order valence-electron chi connectivity index (χ4n) is 2.19. The first-order valence-electron chi connectivity index (χ1n) is 8.08. The van der Waals surface area contributed by atoms with Crippen molar-refractivity contribution in [2.45, 2.75) is 11.3 Å². The van der Waals surface area contributed by atoms with E-state index in [0.29, 0.717) is 25.2 Å². The zero-order valence-electron chi connectivity index (χ0n) is 15.0. The van der Waals surface area contributed by atoms with Crippen LogP contribution >= 0.6 is 46.3 Å². The number of aromatic nitrogens is 2. The fraction of sp³-hybridized carbons (Fsp3) is 0.167. The molecule has 0 fully saturated rings. The molecule has 0 saturated heterocycles. The van der Waals surface area contributed by atoms with Crippen molar-refractivity contribution >= 4 is 68.7 Å². The summed E-state index contributed by atoms with van der Waals surface area (Å²) in [6.45, 7) is 1.85. The Morgan fingerprint density at radius 2 is 1.93 bits per heavy atom. The lowest BCUT2D eigenvalue weighted by Crippen LogP contribution is -2.14. The van der Waals surface area contributed by atoms with Crippen molar-refractivity contribution in [1.29, 1.82) is 0 Å². The van der Waals surface area contributed by atoms with Gasteiger partial charge in [-0.3, -0.25) is 4.79 Å². The summed E-state index contributed by atoms with van der Waals surface area (Å²) in [6, 6.07) is 11.0. The van der Waals surface area contributed by atoms with Crippen LogP contribution in [0.2, 0.25) is 10.0 Å². The van der Waals surface area contributed by atoms with Crippen LogP contribution in [-0.2, 0) is 4.79 Å². The number of ether oxygens (including phenoxy) is 1. The SMILES string of the molecule is COc1ccc(Nc2nnc(SCC(=O)Nc3c(Cl)ccc(C)c3Cl)s2)cc1. The van der Waals surface area contributed by atoms with Gasteiger partial charge in [-0.25, -0.2) is 0 Å². The van der Waals surface area contributed by atoms with Crippen LogP contribution in [0.3, 0.4) is 0 Å². The number of amides is 1. The van der Waals surface area contributed by atoms with Crippen molar-refractivity contribution in [3.05, 3.63) is 52.0 Å². The van der Waals surface area contributed by atoms with Crippen LogP contribution in [0.25, 0.3) is 0 Å². The molecule has 0 atom stereocenters. The first kappa shape index (κ1) is 20.7. The molecule has 10 heteroatoms. The Morgan fingerprint density at radius 1 is 1.18 bits per heavy atom. The number of halogens is 2. The van der Waals surface area contributed by atoms with Crippen LogP contribution in [0.15, 0.2) is 40.7 Å². The molecule has 0 bridgehead atoms. The lowest BCUT2D eigenvalue weighted by atomic mass is 10.2. The molecule has 3 aromatic rings. The summed E-state index contributed by atoms with van der Waals surface area (Å²) >= 11 is 15.0. The molecule has 146 valence electrons. The highest BCUT2D eigenvalue weighted by molar-refractivity contribution is 8.01. The maximum absolute atomic E-state index is 12.2. The molecule has 0 unspecified atom stereocenters. The molecular weight excluding hydrogens is 439 g/mol. The number of aryl methyl sites for hydroxylation is 1. The van der Waals surface area contributed by atoms with Gasteiger partial charge in [-0.05, 0) is 42.8 Å². The average Bonchev–Trinajstić information content (AvgIpc) is 3.14. The zero-order chi connectivity index (χ0) is 20.1. The van der Waals surface area contributed by atoms with Crippen molar-refractivity contribution in [2.75, 3.05) is 23.5 Å². The number of rotatable bonds is 7. The minimum absolute atomic E-state index is 0.164. The largest absolute Gasteiger partial charge is 0.497 e. The van der Waals surface area contributed by atoms with E-state index in [9.17, 15) is 4.79 Å². The third-order valence-corrected chi connectivity index (χ3v) is 6.40. The van der Waals surface area contributed by atoms with Gasteiger partial charge in [-0.15, -0.1) is 10.2 Å². The zero-order valence-corrected chi connectivity index (χ0v) is 18.1. The minimum Gasteiger partial charge on any atom is -0.497 e. The second-order valence-corrected chi connectivity index (χ2v) is 8.60. The van der Waals surface area contributed by atoms with E-state index in [4.69, 9.17) is 27.9 Å². The third-order valence-electron chi connectivity index (χ3n) is 3.62. The maximum atomic E-state index is 12.2. The van der Waals surface area contributed by atoms with E-state index in [-0.39, 0.29) is 11.7 Å². The molecule has 28 heavy (non-hydrogen) atoms. The molecule has 6 nitrogen and oxygen atoms in total. The van der Waals surface area contributed by atoms with E-state index in [0.717, 1.165) is 17.0 Å². The molecule has 1 heterocycles. The van der Waals surface area contributed by atoms with E-state index in [2.05, 4.69) is 20.8 Å². The van der Waals surface area contributed by atoms with Gasteiger partial charge < -0.3 is 15.4 Å². The molecule has 1 amide bonds. The normalized spacial score (nSPS) is 10.6. The number of methoxy groups -OCH3 is 1. The molecule has 0 saturated carbocycles. The van der Waals surface area contributed by atoms with E-state index in [1.165, 1.54) is 23.1 Å². The molecule has 0 aliphatic heterocycles. The average molecular weight is 455 g/mol. The van der Waals surface area contributed by atoms with Gasteiger partial charge in [0, 0.05) is 5.69 Å². The highest BCUT2D eigenvalue weighted by Crippen LogP contribution is 2.33. The first-order chi connectivity index (χ1) is 13.5. The lowest BCUT2D eigenvalue weighted by Gasteiger charge is -2.10. The molecule has 2 N–H and O–H groups in total. The second kappa shape index (κ2) is 9.47. The molecule has 0 aliphatic rings. The Bertz CT molecular complexity index is 980. The van der Waals surface area contributed by atoms with E-state index in [1.54, 1.807) is 19.2 Å². The number of carbonyl (C=O) groups is 1. The Balaban J connectivity index is 1.55. The third kappa shape index (κ3) is 5.29. The molecular formula is C18H16Cl2N4O2S2. The van der Waals surface area contributed by atoms with Crippen molar-refractivity contribution in [1.82, 2.24) is 10.2 Å². The van der Waals surface area contributed by atoms with Gasteiger partial charge in [0.15, 0.2) is 4.34 Å². The smallest absolute Gasteiger partial charge is 0.234 e. The van der Waals surface area contributed by atoms with Crippen molar-refractivity contribution in [3.63, 3.8) is 0 Å². The van der Waals surface area contributed by atoms with Gasteiger partial charge in [0.25, 0.3) is 0 Å². The number of hydrogen-bond acceptors (Lipinski definition) is 7. The van der Waals surface area contributed by atoms with Gasteiger partial charge in [-0.1, -0.05) is 52.4 Å². The number of benzene rings is 2. The summed E-state index contributed by atoms with van der Waals surface area (Å²) in [6.07, 6.45) is 0. The summed E-state index contributed by atoms with van der Waals surface area (Å²) < 4.78 is 5.80. The Kier molecular flexibility index (Phi) is 7.01. The van der Waals surface area contributed by atoms with Crippen molar-refractivity contribution in [3.8, 4) is 5.75 Å². The highest BCUT2D eigenvalue weighted by Gasteiger charge is 2.13. The first-order valence-corrected chi connectivity index (χ1v) is 10.6. The van der Waals surface area contributed by atoms with Gasteiger partial charge >= 0.3 is 0 Å². The molecule has 0 aliphatic carbocycles. The molecule has 0 spiro atoms. The lowest BCUT2D eigenvalue weighted by molar-refractivity contribution is -0.113. The summed E-state index contributed by atoms with van der Waals surface area (Å²) in [5, 5.41) is 15.6. The van der Waals surface area contributed by atoms with E-state index < -0.39 is 0 Å². The van der Waals surface area contributed by atoms with Gasteiger partial charge in [0.1, 0.15) is 5.75 Å². The number of nitrogens with zero attached hydrogens (tertiary/aromatic N) is 2. The van der Waals surface area contributed by atoms with Gasteiger partial charge in [-0.2, -0.15) is 0 Å². The van der Waals surface area contributed by atoms with Crippen LogP contribution in [0.5, 0.6) is 5.75 Å². The molecule has 3 rings (SSSR count). The number of hydrogen-bond donors (Lipinski definition) is 2. The summed E-state index contributed by atoms with van der Waals surface area (Å²) in [5.41, 5.74) is 2.13. The van der Waals surface area contributed by atoms with E-state index >= 15 is 0 Å². The van der Waals surface area contributed by atoms with Crippen LogP contribution < -0.4 is 15.4 Å². The van der Waals surface area contributed by atoms with Crippen LogP contribution in [-0.4, -0.2) is 29.0 Å². The topological polar surface area (TPSA) is 76.1 Å². The number of anilines is 3. The van der Waals surface area contributed by atoms with Crippen LogP contribution in [0.4, 0.5) is 16.5 Å². The van der Waals surface area contributed by atoms with E-state index in [1.807, 2.05) is 31.2 Å². The standard InChI is InChI=1S/C18H16Cl2N4O2S2/c1-10-3-8-13(19)16(15(10)20)22-14(25)9-27-18-24-23-17(28-18)21-11-4-6-12(26-2)7-5-11/h3-8H,9H2,1-2H3,(H,21,23)(H,22,25). The van der Waals surface area contributed by atoms with Gasteiger partial charge in [0.2, 0.25) is 11.0 Å². The predicted molar refractivity (Wildman–Crippen MR) is 117 cm³/mol. The predicted octanol–water partition coefficient (Wildman–Crippen LogP) is 5.64. The molecule has 1 aromatic heterocycles. The summed E-state index contributed by atoms with van der Waals surface area (Å²) in [5.74, 6) is 0.718. The van der Waals surface area contributed by atoms with Crippen molar-refractivity contribution in [2.24, 2.45) is 0 Å². The minimum atomic E-state index is -0.223. The highest BCUT2D eigenvalue weighted by atomic mass is 35.5. The monoisotopic (exact) mass is 454 g/mol. The second-order valence-electron chi connectivity index (χ2n) is 5.62. The Labute approximate surface area is 180 Å². The van der Waals surface area contributed by atoms with Crippen LogP contribution in [0, 0.1) is 6.92 Å². The number of carbonyl (C=O) groups excluding carboxylic acids is 1. The maximum Gasteiger partial charge on any atom is 0.234 e. The summed E-state index contributed by atoms with van der Waals surface area (Å²) in [4.78, 5) is 12.2. The molecule has 2 aromatic carbocycles. The Morgan fingerprint density at radius 3 is 2.64 bits per heavy atom.